The third-order valence-corrected chi connectivity index (χ3v) is 6.11. The van der Waals surface area contributed by atoms with Crippen molar-refractivity contribution in [2.75, 3.05) is 25.1 Å². The average molecular weight is 468 g/mol. The second kappa shape index (κ2) is 9.20. The second-order valence-electron chi connectivity index (χ2n) is 7.83. The van der Waals surface area contributed by atoms with Gasteiger partial charge in [0.25, 0.3) is 5.91 Å². The standard InChI is InChI=1S/C22H25N7O3S/c1-3-6-23-20(30)14-9-18(33-13-14)26-22-25-17-4-7-29(15-10-24-28(2)11-15)19(17)21(27-22)32-16-5-8-31-12-16/h4,7,9-11,13,16H,3,5-6,8,12H2,1-2H3,(H,23,30)(H,25,26,27)/t16-/m1/s1. The number of hydrogen-bond acceptors (Lipinski definition) is 8. The molecule has 1 aliphatic heterocycles. The molecule has 0 spiro atoms. The molecule has 4 aromatic rings. The van der Waals surface area contributed by atoms with Crippen LogP contribution in [0.25, 0.3) is 16.7 Å². The highest BCUT2D eigenvalue weighted by atomic mass is 32.1. The zero-order valence-electron chi connectivity index (χ0n) is 18.4. The molecule has 0 saturated carbocycles. The maximum absolute atomic E-state index is 12.2. The van der Waals surface area contributed by atoms with Crippen LogP contribution in [0.4, 0.5) is 10.9 Å². The molecule has 5 heterocycles. The fourth-order valence-corrected chi connectivity index (χ4v) is 4.41. The van der Waals surface area contributed by atoms with E-state index in [1.165, 1.54) is 11.3 Å². The summed E-state index contributed by atoms with van der Waals surface area (Å²) in [6.45, 7) is 3.87. The molecule has 0 radical (unpaired) electrons. The van der Waals surface area contributed by atoms with Crippen molar-refractivity contribution in [3.8, 4) is 11.6 Å². The predicted octanol–water partition coefficient (Wildman–Crippen LogP) is 3.27. The maximum atomic E-state index is 12.2. The zero-order chi connectivity index (χ0) is 22.8. The minimum Gasteiger partial charge on any atom is -0.470 e. The summed E-state index contributed by atoms with van der Waals surface area (Å²) in [4.78, 5) is 21.6. The van der Waals surface area contributed by atoms with E-state index >= 15 is 0 Å². The van der Waals surface area contributed by atoms with Gasteiger partial charge in [0.15, 0.2) is 0 Å². The quantitative estimate of drug-likeness (QED) is 0.409. The lowest BCUT2D eigenvalue weighted by atomic mass is 10.3. The molecule has 0 aliphatic carbocycles. The molecule has 33 heavy (non-hydrogen) atoms. The topological polar surface area (TPSA) is 108 Å². The van der Waals surface area contributed by atoms with E-state index in [1.54, 1.807) is 16.9 Å². The molecule has 1 aliphatic rings. The number of aromatic nitrogens is 5. The van der Waals surface area contributed by atoms with Crippen molar-refractivity contribution < 1.29 is 14.3 Å². The van der Waals surface area contributed by atoms with Gasteiger partial charge < -0.3 is 24.7 Å². The van der Waals surface area contributed by atoms with Crippen molar-refractivity contribution in [2.45, 2.75) is 25.9 Å². The Morgan fingerprint density at radius 2 is 2.30 bits per heavy atom. The summed E-state index contributed by atoms with van der Waals surface area (Å²) in [6.07, 6.45) is 7.27. The average Bonchev–Trinajstić information content (AvgIpc) is 3.59. The summed E-state index contributed by atoms with van der Waals surface area (Å²) in [5, 5.41) is 13.0. The van der Waals surface area contributed by atoms with E-state index in [9.17, 15) is 4.79 Å². The van der Waals surface area contributed by atoms with Crippen LogP contribution in [0.3, 0.4) is 0 Å². The second-order valence-corrected chi connectivity index (χ2v) is 8.74. The predicted molar refractivity (Wildman–Crippen MR) is 126 cm³/mol. The number of aryl methyl sites for hydroxylation is 1. The van der Waals surface area contributed by atoms with E-state index < -0.39 is 0 Å². The molecule has 0 unspecified atom stereocenters. The summed E-state index contributed by atoms with van der Waals surface area (Å²) in [5.41, 5.74) is 3.01. The number of hydrogen-bond donors (Lipinski definition) is 2. The Kier molecular flexibility index (Phi) is 5.97. The van der Waals surface area contributed by atoms with Gasteiger partial charge in [-0.3, -0.25) is 9.48 Å². The minimum atomic E-state index is -0.0867. The van der Waals surface area contributed by atoms with Crippen molar-refractivity contribution in [1.29, 1.82) is 0 Å². The van der Waals surface area contributed by atoms with Gasteiger partial charge >= 0.3 is 0 Å². The SMILES string of the molecule is CCCNC(=O)c1csc(Nc2nc(O[C@@H]3CCOC3)c3c(ccn3-c3cnn(C)c3)n2)c1. The fraction of sp³-hybridized carbons (Fsp3) is 0.364. The Balaban J connectivity index is 1.47. The number of anilines is 2. The first-order valence-corrected chi connectivity index (χ1v) is 11.7. The van der Waals surface area contributed by atoms with Crippen LogP contribution < -0.4 is 15.4 Å². The summed E-state index contributed by atoms with van der Waals surface area (Å²) in [5.74, 6) is 0.795. The Morgan fingerprint density at radius 1 is 1.39 bits per heavy atom. The Labute approximate surface area is 194 Å². The van der Waals surface area contributed by atoms with Crippen molar-refractivity contribution in [3.63, 3.8) is 0 Å². The maximum Gasteiger partial charge on any atom is 0.252 e. The number of amides is 1. The number of nitrogens with zero attached hydrogens (tertiary/aromatic N) is 5. The molecule has 11 heteroatoms. The third-order valence-electron chi connectivity index (χ3n) is 5.27. The number of fused-ring (bicyclic) bond motifs is 1. The van der Waals surface area contributed by atoms with Gasteiger partial charge in [-0.25, -0.2) is 4.98 Å². The van der Waals surface area contributed by atoms with E-state index in [0.29, 0.717) is 37.2 Å². The minimum absolute atomic E-state index is 0.0659. The van der Waals surface area contributed by atoms with Crippen molar-refractivity contribution >= 4 is 39.2 Å². The van der Waals surface area contributed by atoms with Crippen LogP contribution in [0.1, 0.15) is 30.1 Å². The molecule has 1 amide bonds. The largest absolute Gasteiger partial charge is 0.470 e. The molecular formula is C22H25N7O3S. The Bertz CT molecular complexity index is 1270. The normalized spacial score (nSPS) is 15.8. The molecule has 0 bridgehead atoms. The van der Waals surface area contributed by atoms with Gasteiger partial charge in [-0.05, 0) is 18.6 Å². The summed E-state index contributed by atoms with van der Waals surface area (Å²) in [6, 6.07) is 3.72. The lowest BCUT2D eigenvalue weighted by Gasteiger charge is -2.14. The van der Waals surface area contributed by atoms with Crippen LogP contribution in [0.5, 0.6) is 5.88 Å². The van der Waals surface area contributed by atoms with E-state index in [4.69, 9.17) is 9.47 Å². The zero-order valence-corrected chi connectivity index (χ0v) is 19.3. The summed E-state index contributed by atoms with van der Waals surface area (Å²) in [7, 11) is 1.87. The molecule has 1 saturated heterocycles. The third kappa shape index (κ3) is 4.55. The molecule has 2 N–H and O–H groups in total. The molecular weight excluding hydrogens is 442 g/mol. The molecule has 172 valence electrons. The molecule has 10 nitrogen and oxygen atoms in total. The van der Waals surface area contributed by atoms with Crippen molar-refractivity contribution in [2.24, 2.45) is 7.05 Å². The van der Waals surface area contributed by atoms with Crippen LogP contribution >= 0.6 is 11.3 Å². The first kappa shape index (κ1) is 21.4. The lowest BCUT2D eigenvalue weighted by molar-refractivity contribution is 0.0954. The van der Waals surface area contributed by atoms with Crippen molar-refractivity contribution in [1.82, 2.24) is 29.6 Å². The van der Waals surface area contributed by atoms with Gasteiger partial charge in [-0.15, -0.1) is 11.3 Å². The van der Waals surface area contributed by atoms with Gasteiger partial charge in [0.1, 0.15) is 11.6 Å². The van der Waals surface area contributed by atoms with Gasteiger partial charge in [-0.1, -0.05) is 6.92 Å². The highest BCUT2D eigenvalue weighted by molar-refractivity contribution is 7.14. The van der Waals surface area contributed by atoms with Gasteiger partial charge in [-0.2, -0.15) is 10.1 Å². The number of carbonyl (C=O) groups is 1. The number of carbonyl (C=O) groups excluding carboxylic acids is 1. The van der Waals surface area contributed by atoms with E-state index in [-0.39, 0.29) is 12.0 Å². The van der Waals surface area contributed by atoms with E-state index in [2.05, 4.69) is 25.7 Å². The van der Waals surface area contributed by atoms with Crippen molar-refractivity contribution in [3.05, 3.63) is 41.7 Å². The lowest BCUT2D eigenvalue weighted by Crippen LogP contribution is -2.23. The number of rotatable bonds is 8. The van der Waals surface area contributed by atoms with Crippen LogP contribution in [-0.4, -0.2) is 56.1 Å². The van der Waals surface area contributed by atoms with Crippen LogP contribution in [-0.2, 0) is 11.8 Å². The molecule has 1 fully saturated rings. The van der Waals surface area contributed by atoms with E-state index in [0.717, 1.165) is 34.6 Å². The first-order valence-electron chi connectivity index (χ1n) is 10.9. The number of nitrogens with one attached hydrogen (secondary N) is 2. The molecule has 4 aromatic heterocycles. The number of thiophene rings is 1. The molecule has 5 rings (SSSR count). The van der Waals surface area contributed by atoms with Gasteiger partial charge in [0.05, 0.1) is 41.2 Å². The molecule has 0 aromatic carbocycles. The Hall–Kier alpha value is -3.44. The van der Waals surface area contributed by atoms with Gasteiger partial charge in [0.2, 0.25) is 11.8 Å². The summed E-state index contributed by atoms with van der Waals surface area (Å²) >= 11 is 1.43. The van der Waals surface area contributed by atoms with Gasteiger partial charge in [0, 0.05) is 37.8 Å². The monoisotopic (exact) mass is 467 g/mol. The van der Waals surface area contributed by atoms with Crippen LogP contribution in [0, 0.1) is 0 Å². The first-order chi connectivity index (χ1) is 16.1. The van der Waals surface area contributed by atoms with Crippen LogP contribution in [0.15, 0.2) is 36.1 Å². The van der Waals surface area contributed by atoms with Crippen LogP contribution in [0.2, 0.25) is 0 Å². The summed E-state index contributed by atoms with van der Waals surface area (Å²) < 4.78 is 15.5. The number of ether oxygens (including phenoxy) is 2. The highest BCUT2D eigenvalue weighted by Gasteiger charge is 2.22. The fourth-order valence-electron chi connectivity index (χ4n) is 3.63. The smallest absolute Gasteiger partial charge is 0.252 e. The Morgan fingerprint density at radius 3 is 3.06 bits per heavy atom. The molecule has 1 atom stereocenters. The van der Waals surface area contributed by atoms with E-state index in [1.807, 2.05) is 42.4 Å². The highest BCUT2D eigenvalue weighted by Crippen LogP contribution is 2.31.